The highest BCUT2D eigenvalue weighted by atomic mass is 32.1. The number of fused-ring (bicyclic) bond motifs is 3. The molecule has 3 nitrogen and oxygen atoms in total. The normalized spacial score (nSPS) is 11.3. The molecule has 2 aromatic heterocycles. The summed E-state index contributed by atoms with van der Waals surface area (Å²) >= 11 is 1.87. The van der Waals surface area contributed by atoms with E-state index in [9.17, 15) is 0 Å². The molecule has 0 aliphatic rings. The molecule has 0 saturated carbocycles. The van der Waals surface area contributed by atoms with Crippen molar-refractivity contribution in [1.82, 2.24) is 15.0 Å². The SMILES string of the molecule is c1ccc(-c2ccc3c(c2)sc2c(-c4cccc(-c5cccc(-c6nc(-c7ccccc7)nc(-c7ccccc7)n6)c5)c4)cccc23)cc1. The minimum absolute atomic E-state index is 0.649. The number of aromatic nitrogens is 3. The van der Waals surface area contributed by atoms with Gasteiger partial charge in [-0.25, -0.2) is 15.0 Å². The number of rotatable bonds is 6. The van der Waals surface area contributed by atoms with Crippen molar-refractivity contribution >= 4 is 31.5 Å². The van der Waals surface area contributed by atoms with Crippen LogP contribution in [0.2, 0.25) is 0 Å². The number of hydrogen-bond donors (Lipinski definition) is 0. The van der Waals surface area contributed by atoms with Crippen molar-refractivity contribution in [3.05, 3.63) is 176 Å². The van der Waals surface area contributed by atoms with E-state index >= 15 is 0 Å². The summed E-state index contributed by atoms with van der Waals surface area (Å²) in [5.74, 6) is 1.96. The van der Waals surface area contributed by atoms with Crippen LogP contribution in [-0.4, -0.2) is 15.0 Å². The third-order valence-electron chi connectivity index (χ3n) is 8.93. The first kappa shape index (κ1) is 29.0. The number of benzene rings is 7. The van der Waals surface area contributed by atoms with Crippen molar-refractivity contribution in [2.24, 2.45) is 0 Å². The van der Waals surface area contributed by atoms with Crippen LogP contribution in [0.3, 0.4) is 0 Å². The van der Waals surface area contributed by atoms with Crippen molar-refractivity contribution in [2.75, 3.05) is 0 Å². The standard InChI is InChI=1S/C45H29N3S/c1-4-13-30(14-5-1)35-25-26-39-40-24-12-23-38(42(40)49-41(39)29-35)36-21-10-19-33(27-36)34-20-11-22-37(28-34)45-47-43(31-15-6-2-7-16-31)46-44(48-45)32-17-8-3-9-18-32/h1-29H. The Hall–Kier alpha value is -6.23. The molecule has 0 fully saturated rings. The van der Waals surface area contributed by atoms with Crippen LogP contribution in [0.5, 0.6) is 0 Å². The van der Waals surface area contributed by atoms with Crippen molar-refractivity contribution in [3.63, 3.8) is 0 Å². The first-order chi connectivity index (χ1) is 24.3. The summed E-state index contributed by atoms with van der Waals surface area (Å²) in [6.07, 6.45) is 0. The molecule has 0 atom stereocenters. The predicted molar refractivity (Wildman–Crippen MR) is 205 cm³/mol. The number of nitrogens with zero attached hydrogens (tertiary/aromatic N) is 3. The summed E-state index contributed by atoms with van der Waals surface area (Å²) in [6, 6.07) is 61.7. The highest BCUT2D eigenvalue weighted by Gasteiger charge is 2.15. The minimum Gasteiger partial charge on any atom is -0.208 e. The zero-order valence-electron chi connectivity index (χ0n) is 26.5. The van der Waals surface area contributed by atoms with E-state index in [-0.39, 0.29) is 0 Å². The Morgan fingerprint density at radius 3 is 1.41 bits per heavy atom. The third kappa shape index (κ3) is 5.58. The first-order valence-corrected chi connectivity index (χ1v) is 17.2. The van der Waals surface area contributed by atoms with E-state index in [2.05, 4.69) is 115 Å². The van der Waals surface area contributed by atoms with Gasteiger partial charge in [-0.05, 0) is 51.6 Å². The van der Waals surface area contributed by atoms with Gasteiger partial charge in [-0.3, -0.25) is 0 Å². The molecular formula is C45H29N3S. The second-order valence-electron chi connectivity index (χ2n) is 12.1. The first-order valence-electron chi connectivity index (χ1n) is 16.4. The molecule has 0 N–H and O–H groups in total. The lowest BCUT2D eigenvalue weighted by molar-refractivity contribution is 1.07. The maximum absolute atomic E-state index is 4.96. The van der Waals surface area contributed by atoms with Crippen molar-refractivity contribution in [2.45, 2.75) is 0 Å². The summed E-state index contributed by atoms with van der Waals surface area (Å²) in [6.45, 7) is 0. The van der Waals surface area contributed by atoms with E-state index in [4.69, 9.17) is 15.0 Å². The van der Waals surface area contributed by atoms with E-state index in [0.29, 0.717) is 17.5 Å². The third-order valence-corrected chi connectivity index (χ3v) is 10.1. The summed E-state index contributed by atoms with van der Waals surface area (Å²) in [4.78, 5) is 14.8. The van der Waals surface area contributed by atoms with E-state index in [1.165, 1.54) is 42.4 Å². The second kappa shape index (κ2) is 12.4. The average Bonchev–Trinajstić information content (AvgIpc) is 3.57. The van der Waals surface area contributed by atoms with E-state index in [0.717, 1.165) is 27.8 Å². The molecule has 7 aromatic carbocycles. The summed E-state index contributed by atoms with van der Waals surface area (Å²) in [7, 11) is 0. The Balaban J connectivity index is 1.11. The van der Waals surface area contributed by atoms with Gasteiger partial charge in [0.25, 0.3) is 0 Å². The Kier molecular flexibility index (Phi) is 7.34. The Morgan fingerprint density at radius 1 is 0.306 bits per heavy atom. The maximum atomic E-state index is 4.96. The molecular weight excluding hydrogens is 615 g/mol. The highest BCUT2D eigenvalue weighted by Crippen LogP contribution is 2.42. The lowest BCUT2D eigenvalue weighted by Gasteiger charge is -2.10. The van der Waals surface area contributed by atoms with Crippen LogP contribution in [-0.2, 0) is 0 Å². The van der Waals surface area contributed by atoms with E-state index in [1.54, 1.807) is 0 Å². The largest absolute Gasteiger partial charge is 0.208 e. The van der Waals surface area contributed by atoms with Gasteiger partial charge < -0.3 is 0 Å². The van der Waals surface area contributed by atoms with Gasteiger partial charge in [0.1, 0.15) is 0 Å². The number of thiophene rings is 1. The van der Waals surface area contributed by atoms with Crippen LogP contribution < -0.4 is 0 Å². The Morgan fingerprint density at radius 2 is 0.776 bits per heavy atom. The zero-order valence-corrected chi connectivity index (χ0v) is 27.3. The molecule has 0 aliphatic heterocycles. The molecule has 0 saturated heterocycles. The predicted octanol–water partition coefficient (Wildman–Crippen LogP) is 12.2. The van der Waals surface area contributed by atoms with Crippen LogP contribution in [0.15, 0.2) is 176 Å². The molecule has 0 amide bonds. The summed E-state index contributed by atoms with van der Waals surface area (Å²) in [5.41, 5.74) is 10.0. The lowest BCUT2D eigenvalue weighted by atomic mass is 9.96. The fourth-order valence-corrected chi connectivity index (χ4v) is 7.76. The van der Waals surface area contributed by atoms with Crippen molar-refractivity contribution in [3.8, 4) is 67.5 Å². The molecule has 0 spiro atoms. The average molecular weight is 644 g/mol. The van der Waals surface area contributed by atoms with Gasteiger partial charge >= 0.3 is 0 Å². The molecule has 0 aliphatic carbocycles. The summed E-state index contributed by atoms with van der Waals surface area (Å²) < 4.78 is 2.61. The van der Waals surface area contributed by atoms with Gasteiger partial charge in [0.05, 0.1) is 0 Å². The molecule has 49 heavy (non-hydrogen) atoms. The van der Waals surface area contributed by atoms with Gasteiger partial charge in [0.2, 0.25) is 0 Å². The monoisotopic (exact) mass is 643 g/mol. The maximum Gasteiger partial charge on any atom is 0.164 e. The number of hydrogen-bond acceptors (Lipinski definition) is 4. The van der Waals surface area contributed by atoms with Crippen LogP contribution in [0.1, 0.15) is 0 Å². The van der Waals surface area contributed by atoms with Crippen molar-refractivity contribution < 1.29 is 0 Å². The van der Waals surface area contributed by atoms with Gasteiger partial charge in [0, 0.05) is 36.9 Å². The van der Waals surface area contributed by atoms with Crippen LogP contribution in [0, 0.1) is 0 Å². The smallest absolute Gasteiger partial charge is 0.164 e. The topological polar surface area (TPSA) is 38.7 Å². The van der Waals surface area contributed by atoms with Gasteiger partial charge in [-0.1, -0.05) is 158 Å². The minimum atomic E-state index is 0.649. The molecule has 230 valence electrons. The molecule has 0 unspecified atom stereocenters. The van der Waals surface area contributed by atoms with Crippen LogP contribution in [0.25, 0.3) is 87.7 Å². The van der Waals surface area contributed by atoms with Gasteiger partial charge in [-0.15, -0.1) is 11.3 Å². The molecule has 4 heteroatoms. The summed E-state index contributed by atoms with van der Waals surface area (Å²) in [5, 5.41) is 2.59. The van der Waals surface area contributed by atoms with Gasteiger partial charge in [-0.2, -0.15) is 0 Å². The lowest BCUT2D eigenvalue weighted by Crippen LogP contribution is -2.00. The van der Waals surface area contributed by atoms with E-state index < -0.39 is 0 Å². The molecule has 0 radical (unpaired) electrons. The second-order valence-corrected chi connectivity index (χ2v) is 13.1. The molecule has 9 rings (SSSR count). The van der Waals surface area contributed by atoms with Crippen LogP contribution >= 0.6 is 11.3 Å². The quantitative estimate of drug-likeness (QED) is 0.181. The molecule has 0 bridgehead atoms. The fourth-order valence-electron chi connectivity index (χ4n) is 6.48. The Labute approximate surface area is 288 Å². The van der Waals surface area contributed by atoms with Crippen LogP contribution in [0.4, 0.5) is 0 Å². The molecule has 9 aromatic rings. The fraction of sp³-hybridized carbons (Fsp3) is 0. The Bertz CT molecular complexity index is 2540. The van der Waals surface area contributed by atoms with Gasteiger partial charge in [0.15, 0.2) is 17.5 Å². The molecule has 2 heterocycles. The van der Waals surface area contributed by atoms with E-state index in [1.807, 2.05) is 72.0 Å². The zero-order chi connectivity index (χ0) is 32.6. The van der Waals surface area contributed by atoms with Crippen molar-refractivity contribution in [1.29, 1.82) is 0 Å². The highest BCUT2D eigenvalue weighted by molar-refractivity contribution is 7.26.